The molecule has 0 aliphatic carbocycles. The Hall–Kier alpha value is -1.64. The molecule has 2 rings (SSSR count). The molecule has 2 aromatic heterocycles. The molecule has 0 radical (unpaired) electrons. The van der Waals surface area contributed by atoms with Gasteiger partial charge in [0.15, 0.2) is 5.03 Å². The highest BCUT2D eigenvalue weighted by Crippen LogP contribution is 2.19. The second-order valence-electron chi connectivity index (χ2n) is 4.17. The maximum atomic E-state index is 12.1. The summed E-state index contributed by atoms with van der Waals surface area (Å²) in [6.45, 7) is 3.05. The molecule has 3 N–H and O–H groups in total. The molecule has 19 heavy (non-hydrogen) atoms. The zero-order chi connectivity index (χ0) is 14.0. The number of aliphatic hydroxyl groups excluding tert-OH is 1. The topological polar surface area (TPSA) is 108 Å². The number of aliphatic hydroxyl groups is 1. The summed E-state index contributed by atoms with van der Waals surface area (Å²) in [5, 5.41) is 14.9. The second-order valence-corrected chi connectivity index (χ2v) is 5.82. The highest BCUT2D eigenvalue weighted by atomic mass is 32.2. The molecule has 7 nitrogen and oxygen atoms in total. The van der Waals surface area contributed by atoms with Gasteiger partial charge < -0.3 is 9.52 Å². The summed E-state index contributed by atoms with van der Waals surface area (Å²) in [4.78, 5) is 0. The lowest BCUT2D eigenvalue weighted by Crippen LogP contribution is -2.27. The summed E-state index contributed by atoms with van der Waals surface area (Å²) in [5.74, 6) is 1.23. The summed E-state index contributed by atoms with van der Waals surface area (Å²) >= 11 is 0. The average Bonchev–Trinajstić information content (AvgIpc) is 2.96. The maximum absolute atomic E-state index is 12.1. The fraction of sp³-hybridized carbons (Fsp3) is 0.364. The fourth-order valence-electron chi connectivity index (χ4n) is 1.68. The lowest BCUT2D eigenvalue weighted by Gasteiger charge is -2.11. The van der Waals surface area contributed by atoms with Crippen LogP contribution in [0.5, 0.6) is 0 Å². The van der Waals surface area contributed by atoms with Crippen molar-refractivity contribution in [2.45, 2.75) is 31.5 Å². The van der Waals surface area contributed by atoms with Crippen molar-refractivity contribution in [1.29, 1.82) is 0 Å². The Morgan fingerprint density at radius 1 is 1.53 bits per heavy atom. The van der Waals surface area contributed by atoms with E-state index in [0.717, 1.165) is 0 Å². The van der Waals surface area contributed by atoms with Gasteiger partial charge in [-0.3, -0.25) is 5.10 Å². The van der Waals surface area contributed by atoms with Crippen LogP contribution in [0.25, 0.3) is 0 Å². The Labute approximate surface area is 110 Å². The van der Waals surface area contributed by atoms with Gasteiger partial charge in [0.05, 0.1) is 18.8 Å². The van der Waals surface area contributed by atoms with E-state index in [9.17, 15) is 8.42 Å². The van der Waals surface area contributed by atoms with Crippen molar-refractivity contribution in [3.05, 3.63) is 35.4 Å². The third-order valence-electron chi connectivity index (χ3n) is 2.64. The standard InChI is InChI=1S/C11H15N3O4S/c1-7-3-4-10(18-7)8(2)14-19(16,17)11-9(6-15)5-12-13-11/h3-5,8,14-15H,6H2,1-2H3,(H,12,13). The molecule has 0 saturated carbocycles. The van der Waals surface area contributed by atoms with Crippen molar-refractivity contribution in [3.8, 4) is 0 Å². The first-order valence-corrected chi connectivity index (χ1v) is 7.14. The van der Waals surface area contributed by atoms with Gasteiger partial charge in [0.25, 0.3) is 10.0 Å². The first kappa shape index (κ1) is 13.8. The van der Waals surface area contributed by atoms with Gasteiger partial charge in [0.1, 0.15) is 11.5 Å². The molecular weight excluding hydrogens is 270 g/mol. The number of sulfonamides is 1. The molecule has 0 amide bonds. The maximum Gasteiger partial charge on any atom is 0.258 e. The smallest absolute Gasteiger partial charge is 0.258 e. The number of aryl methyl sites for hydroxylation is 1. The zero-order valence-corrected chi connectivity index (χ0v) is 11.4. The zero-order valence-electron chi connectivity index (χ0n) is 10.5. The lowest BCUT2D eigenvalue weighted by molar-refractivity contribution is 0.278. The van der Waals surface area contributed by atoms with Gasteiger partial charge >= 0.3 is 0 Å². The van der Waals surface area contributed by atoms with Gasteiger partial charge in [-0.15, -0.1) is 0 Å². The minimum atomic E-state index is -3.79. The highest BCUT2D eigenvalue weighted by Gasteiger charge is 2.24. The Bertz CT molecular complexity index is 659. The number of furan rings is 1. The van der Waals surface area contributed by atoms with Crippen LogP contribution in [0.2, 0.25) is 0 Å². The van der Waals surface area contributed by atoms with E-state index in [1.165, 1.54) is 6.20 Å². The molecule has 0 bridgehead atoms. The quantitative estimate of drug-likeness (QED) is 0.754. The number of hydrogen-bond donors (Lipinski definition) is 3. The molecule has 0 aromatic carbocycles. The predicted octanol–water partition coefficient (Wildman–Crippen LogP) is 0.843. The first-order valence-electron chi connectivity index (χ1n) is 5.66. The number of nitrogens with one attached hydrogen (secondary N) is 2. The van der Waals surface area contributed by atoms with E-state index in [0.29, 0.717) is 11.5 Å². The first-order chi connectivity index (χ1) is 8.94. The molecule has 0 aliphatic heterocycles. The number of aromatic amines is 1. The van der Waals surface area contributed by atoms with Crippen molar-refractivity contribution in [1.82, 2.24) is 14.9 Å². The van der Waals surface area contributed by atoms with Gasteiger partial charge in [-0.05, 0) is 26.0 Å². The van der Waals surface area contributed by atoms with Crippen LogP contribution in [0, 0.1) is 6.92 Å². The third-order valence-corrected chi connectivity index (χ3v) is 4.19. The van der Waals surface area contributed by atoms with E-state index < -0.39 is 22.7 Å². The molecule has 8 heteroatoms. The molecule has 2 aromatic rings. The fourth-order valence-corrected chi connectivity index (χ4v) is 3.02. The van der Waals surface area contributed by atoms with E-state index >= 15 is 0 Å². The highest BCUT2D eigenvalue weighted by molar-refractivity contribution is 7.89. The third kappa shape index (κ3) is 2.86. The summed E-state index contributed by atoms with van der Waals surface area (Å²) < 4.78 is 32.1. The Morgan fingerprint density at radius 3 is 2.84 bits per heavy atom. The largest absolute Gasteiger partial charge is 0.465 e. The number of H-pyrrole nitrogens is 1. The minimum Gasteiger partial charge on any atom is -0.465 e. The molecule has 1 atom stereocenters. The van der Waals surface area contributed by atoms with Crippen molar-refractivity contribution >= 4 is 10.0 Å². The van der Waals surface area contributed by atoms with Crippen molar-refractivity contribution < 1.29 is 17.9 Å². The number of aromatic nitrogens is 2. The van der Waals surface area contributed by atoms with Crippen LogP contribution in [0.15, 0.2) is 27.8 Å². The summed E-state index contributed by atoms with van der Waals surface area (Å²) in [6, 6.07) is 2.95. The summed E-state index contributed by atoms with van der Waals surface area (Å²) in [6.07, 6.45) is 1.27. The van der Waals surface area contributed by atoms with Gasteiger partial charge in [-0.25, -0.2) is 8.42 Å². The summed E-state index contributed by atoms with van der Waals surface area (Å²) in [7, 11) is -3.79. The molecule has 0 fully saturated rings. The van der Waals surface area contributed by atoms with E-state index in [-0.39, 0.29) is 10.6 Å². The molecule has 0 saturated heterocycles. The SMILES string of the molecule is Cc1ccc(C(C)NS(=O)(=O)c2[nH]ncc2CO)o1. The van der Waals surface area contributed by atoms with Gasteiger partial charge in [-0.2, -0.15) is 9.82 Å². The van der Waals surface area contributed by atoms with Crippen LogP contribution in [0.3, 0.4) is 0 Å². The van der Waals surface area contributed by atoms with Crippen LogP contribution in [-0.4, -0.2) is 23.7 Å². The molecule has 2 heterocycles. The van der Waals surface area contributed by atoms with Crippen LogP contribution >= 0.6 is 0 Å². The van der Waals surface area contributed by atoms with Crippen LogP contribution in [0.1, 0.15) is 30.0 Å². The van der Waals surface area contributed by atoms with Crippen molar-refractivity contribution in [2.75, 3.05) is 0 Å². The van der Waals surface area contributed by atoms with Crippen molar-refractivity contribution in [3.63, 3.8) is 0 Å². The van der Waals surface area contributed by atoms with E-state index in [1.807, 2.05) is 0 Å². The minimum absolute atomic E-state index is 0.134. The second kappa shape index (κ2) is 5.16. The van der Waals surface area contributed by atoms with Gasteiger partial charge in [0, 0.05) is 5.56 Å². The van der Waals surface area contributed by atoms with E-state index in [1.54, 1.807) is 26.0 Å². The molecule has 1 unspecified atom stereocenters. The molecule has 0 spiro atoms. The Balaban J connectivity index is 2.22. The van der Waals surface area contributed by atoms with Crippen molar-refractivity contribution in [2.24, 2.45) is 0 Å². The number of nitrogens with zero attached hydrogens (tertiary/aromatic N) is 1. The van der Waals surface area contributed by atoms with E-state index in [4.69, 9.17) is 9.52 Å². The number of hydrogen-bond acceptors (Lipinski definition) is 5. The average molecular weight is 285 g/mol. The molecule has 104 valence electrons. The monoisotopic (exact) mass is 285 g/mol. The van der Waals surface area contributed by atoms with E-state index in [2.05, 4.69) is 14.9 Å². The normalized spacial score (nSPS) is 13.6. The summed E-state index contributed by atoms with van der Waals surface area (Å²) in [5.41, 5.74) is 0.218. The van der Waals surface area contributed by atoms with Crippen LogP contribution < -0.4 is 4.72 Å². The van der Waals surface area contributed by atoms with Crippen LogP contribution in [-0.2, 0) is 16.6 Å². The number of rotatable bonds is 5. The van der Waals surface area contributed by atoms with Gasteiger partial charge in [0.2, 0.25) is 0 Å². The Morgan fingerprint density at radius 2 is 2.26 bits per heavy atom. The Kier molecular flexibility index (Phi) is 3.74. The van der Waals surface area contributed by atoms with Crippen LogP contribution in [0.4, 0.5) is 0 Å². The lowest BCUT2D eigenvalue weighted by atomic mass is 10.3. The van der Waals surface area contributed by atoms with Gasteiger partial charge in [-0.1, -0.05) is 0 Å². The molecule has 0 aliphatic rings. The molecular formula is C11H15N3O4S. The predicted molar refractivity (Wildman–Crippen MR) is 66.7 cm³/mol.